The average Bonchev–Trinajstić information content (AvgIpc) is 2.77. The Labute approximate surface area is 139 Å². The van der Waals surface area contributed by atoms with Gasteiger partial charge in [-0.15, -0.1) is 0 Å². The van der Waals surface area contributed by atoms with Crippen molar-refractivity contribution in [3.05, 3.63) is 11.6 Å². The van der Waals surface area contributed by atoms with Crippen LogP contribution in [-0.2, 0) is 19.2 Å². The Hall–Kier alpha value is -2.16. The lowest BCUT2D eigenvalue weighted by molar-refractivity contribution is -0.226. The van der Waals surface area contributed by atoms with E-state index in [0.29, 0.717) is 18.4 Å². The predicted molar refractivity (Wildman–Crippen MR) is 80.9 cm³/mol. The molecular weight excluding hydrogens is 321 g/mol. The van der Waals surface area contributed by atoms with Crippen molar-refractivity contribution in [2.24, 2.45) is 5.73 Å². The quantitative estimate of drug-likeness (QED) is 0.546. The standard InChI is InChI=1S/C15H22FN3O5/c1-4-10(5-2)23-14(21)12(16)24-19-9-6-8(3)11(13(17)20)18(7-9)15(19)22/h6,9-12H,4-5,7H2,1-3H3,(H2,17,20)/t9-,11+,12?/m1/s1. The number of urea groups is 1. The van der Waals surface area contributed by atoms with Crippen molar-refractivity contribution >= 4 is 17.9 Å². The summed E-state index contributed by atoms with van der Waals surface area (Å²) in [5, 5.41) is 0.755. The molecule has 0 aromatic rings. The van der Waals surface area contributed by atoms with E-state index in [4.69, 9.17) is 15.3 Å². The molecule has 1 saturated heterocycles. The number of ether oxygens (including phenoxy) is 1. The number of hydrogen-bond acceptors (Lipinski definition) is 5. The fourth-order valence-corrected chi connectivity index (χ4v) is 2.92. The molecule has 0 spiro atoms. The van der Waals surface area contributed by atoms with Crippen LogP contribution < -0.4 is 5.73 Å². The number of amides is 3. The number of rotatable bonds is 7. The molecule has 1 unspecified atom stereocenters. The zero-order chi connectivity index (χ0) is 18.0. The van der Waals surface area contributed by atoms with Crippen LogP contribution in [-0.4, -0.2) is 59.0 Å². The van der Waals surface area contributed by atoms with E-state index in [1.165, 1.54) is 4.90 Å². The molecule has 0 saturated carbocycles. The molecule has 2 aliphatic rings. The molecule has 2 rings (SSSR count). The van der Waals surface area contributed by atoms with Gasteiger partial charge in [-0.25, -0.2) is 18.8 Å². The van der Waals surface area contributed by atoms with Gasteiger partial charge < -0.3 is 15.4 Å². The van der Waals surface area contributed by atoms with Gasteiger partial charge >= 0.3 is 18.4 Å². The molecule has 0 aliphatic carbocycles. The van der Waals surface area contributed by atoms with Gasteiger partial charge in [-0.05, 0) is 25.3 Å². The van der Waals surface area contributed by atoms with Crippen molar-refractivity contribution in [2.45, 2.75) is 58.2 Å². The number of hydrogen-bond donors (Lipinski definition) is 1. The first kappa shape index (κ1) is 18.2. The van der Waals surface area contributed by atoms with Crippen LogP contribution in [0.1, 0.15) is 33.6 Å². The van der Waals surface area contributed by atoms with Gasteiger partial charge in [0.1, 0.15) is 12.1 Å². The Morgan fingerprint density at radius 2 is 2.04 bits per heavy atom. The number of primary amides is 1. The molecule has 8 nitrogen and oxygen atoms in total. The predicted octanol–water partition coefficient (Wildman–Crippen LogP) is 0.865. The highest BCUT2D eigenvalue weighted by atomic mass is 19.1. The molecule has 1 fully saturated rings. The van der Waals surface area contributed by atoms with E-state index in [1.807, 2.05) is 13.8 Å². The third kappa shape index (κ3) is 3.35. The molecule has 2 aliphatic heterocycles. The second-order valence-electron chi connectivity index (χ2n) is 5.84. The van der Waals surface area contributed by atoms with Crippen molar-refractivity contribution < 1.29 is 28.3 Å². The van der Waals surface area contributed by atoms with E-state index in [2.05, 4.69) is 0 Å². The number of nitrogens with two attached hydrogens (primary N) is 1. The van der Waals surface area contributed by atoms with Crippen molar-refractivity contribution in [1.82, 2.24) is 9.96 Å². The lowest BCUT2D eigenvalue weighted by atomic mass is 10.0. The molecule has 2 N–H and O–H groups in total. The Balaban J connectivity index is 2.05. The van der Waals surface area contributed by atoms with Crippen LogP contribution >= 0.6 is 0 Å². The lowest BCUT2D eigenvalue weighted by Crippen LogP contribution is -2.48. The van der Waals surface area contributed by atoms with Gasteiger partial charge in [-0.3, -0.25) is 4.79 Å². The summed E-state index contributed by atoms with van der Waals surface area (Å²) in [5.41, 5.74) is 5.88. The smallest absolute Gasteiger partial charge is 0.371 e. The fraction of sp³-hybridized carbons (Fsp3) is 0.667. The van der Waals surface area contributed by atoms with Crippen LogP contribution in [0, 0.1) is 0 Å². The van der Waals surface area contributed by atoms with E-state index in [1.54, 1.807) is 13.0 Å². The number of fused-ring (bicyclic) bond motifs is 2. The first-order valence-corrected chi connectivity index (χ1v) is 7.88. The van der Waals surface area contributed by atoms with Crippen LogP contribution in [0.5, 0.6) is 0 Å². The van der Waals surface area contributed by atoms with Gasteiger partial charge in [0.05, 0.1) is 12.6 Å². The Kier molecular flexibility index (Phi) is 5.43. The summed E-state index contributed by atoms with van der Waals surface area (Å²) in [4.78, 5) is 41.6. The summed E-state index contributed by atoms with van der Waals surface area (Å²) in [5.74, 6) is -1.86. The number of halogens is 1. The fourth-order valence-electron chi connectivity index (χ4n) is 2.92. The largest absolute Gasteiger partial charge is 0.458 e. The SMILES string of the molecule is CCC(CC)OC(=O)C(F)ON1C(=O)N2C[C@H]1C=C(C)[C@H]2C(N)=O. The third-order valence-corrected chi connectivity index (χ3v) is 4.17. The van der Waals surface area contributed by atoms with E-state index < -0.39 is 42.5 Å². The van der Waals surface area contributed by atoms with Crippen molar-refractivity contribution in [3.63, 3.8) is 0 Å². The van der Waals surface area contributed by atoms with Crippen LogP contribution in [0.25, 0.3) is 0 Å². The maximum absolute atomic E-state index is 14.0. The molecule has 2 heterocycles. The lowest BCUT2D eigenvalue weighted by Gasteiger charge is -2.27. The Bertz CT molecular complexity index is 563. The summed E-state index contributed by atoms with van der Waals surface area (Å²) in [6, 6.07) is -2.20. The highest BCUT2D eigenvalue weighted by Gasteiger charge is 2.48. The summed E-state index contributed by atoms with van der Waals surface area (Å²) in [6.45, 7) is 5.42. The second-order valence-corrected chi connectivity index (χ2v) is 5.84. The van der Waals surface area contributed by atoms with Gasteiger partial charge in [0, 0.05) is 0 Å². The third-order valence-electron chi connectivity index (χ3n) is 4.17. The molecule has 0 aromatic heterocycles. The van der Waals surface area contributed by atoms with Gasteiger partial charge in [0.15, 0.2) is 0 Å². The van der Waals surface area contributed by atoms with Gasteiger partial charge in [0.2, 0.25) is 5.91 Å². The number of hydroxylamine groups is 2. The van der Waals surface area contributed by atoms with E-state index in [0.717, 1.165) is 5.06 Å². The summed E-state index contributed by atoms with van der Waals surface area (Å²) < 4.78 is 19.0. The molecular formula is C15H22FN3O5. The van der Waals surface area contributed by atoms with Gasteiger partial charge in [-0.1, -0.05) is 19.9 Å². The number of esters is 1. The maximum atomic E-state index is 14.0. The highest BCUT2D eigenvalue weighted by molar-refractivity contribution is 5.90. The first-order valence-electron chi connectivity index (χ1n) is 7.88. The minimum absolute atomic E-state index is 0.137. The normalized spacial score (nSPS) is 24.2. The van der Waals surface area contributed by atoms with E-state index >= 15 is 0 Å². The van der Waals surface area contributed by atoms with Gasteiger partial charge in [0.25, 0.3) is 0 Å². The zero-order valence-corrected chi connectivity index (χ0v) is 13.9. The average molecular weight is 343 g/mol. The first-order chi connectivity index (χ1) is 11.3. The second kappa shape index (κ2) is 7.16. The Morgan fingerprint density at radius 3 is 2.58 bits per heavy atom. The van der Waals surface area contributed by atoms with Gasteiger partial charge in [-0.2, -0.15) is 5.06 Å². The van der Waals surface area contributed by atoms with Crippen LogP contribution in [0.3, 0.4) is 0 Å². The molecule has 9 heteroatoms. The zero-order valence-electron chi connectivity index (χ0n) is 13.9. The van der Waals surface area contributed by atoms with E-state index in [-0.39, 0.29) is 6.54 Å². The summed E-state index contributed by atoms with van der Waals surface area (Å²) >= 11 is 0. The molecule has 0 radical (unpaired) electrons. The van der Waals surface area contributed by atoms with Crippen molar-refractivity contribution in [1.29, 1.82) is 0 Å². The topological polar surface area (TPSA) is 102 Å². The molecule has 24 heavy (non-hydrogen) atoms. The molecule has 0 aromatic carbocycles. The molecule has 3 amide bonds. The Morgan fingerprint density at radius 1 is 1.42 bits per heavy atom. The molecule has 3 atom stereocenters. The maximum Gasteiger partial charge on any atom is 0.371 e. The van der Waals surface area contributed by atoms with E-state index in [9.17, 15) is 18.8 Å². The minimum Gasteiger partial charge on any atom is -0.458 e. The summed E-state index contributed by atoms with van der Waals surface area (Å²) in [7, 11) is 0. The van der Waals surface area contributed by atoms with Crippen molar-refractivity contribution in [3.8, 4) is 0 Å². The van der Waals surface area contributed by atoms with Crippen molar-refractivity contribution in [2.75, 3.05) is 6.54 Å². The molecule has 2 bridgehead atoms. The number of alkyl halides is 1. The molecule has 134 valence electrons. The monoisotopic (exact) mass is 343 g/mol. The van der Waals surface area contributed by atoms with Crippen LogP contribution in [0.2, 0.25) is 0 Å². The highest BCUT2D eigenvalue weighted by Crippen LogP contribution is 2.30. The van der Waals surface area contributed by atoms with Crippen LogP contribution in [0.4, 0.5) is 9.18 Å². The summed E-state index contributed by atoms with van der Waals surface area (Å²) in [6.07, 6.45) is -0.115. The minimum atomic E-state index is -2.42. The van der Waals surface area contributed by atoms with Crippen LogP contribution in [0.15, 0.2) is 11.6 Å². The number of carbonyl (C=O) groups excluding carboxylic acids is 3. The number of nitrogens with zero attached hydrogens (tertiary/aromatic N) is 2. The number of carbonyl (C=O) groups is 3.